The third-order valence-electron chi connectivity index (χ3n) is 4.03. The SMILES string of the molecule is CCn1nccc1-c1cc2c(=O)n(CS(N)(=O)=O)c(=O)[nH]c2cc1C(F)(F)F. The molecule has 1 aromatic carbocycles. The molecule has 13 heteroatoms. The fourth-order valence-corrected chi connectivity index (χ4v) is 3.45. The largest absolute Gasteiger partial charge is 0.417 e. The van der Waals surface area contributed by atoms with Crippen molar-refractivity contribution in [2.24, 2.45) is 5.14 Å². The molecule has 2 aromatic heterocycles. The quantitative estimate of drug-likeness (QED) is 0.649. The highest BCUT2D eigenvalue weighted by atomic mass is 32.2. The minimum absolute atomic E-state index is 0.111. The third-order valence-corrected chi connectivity index (χ3v) is 4.64. The monoisotopic (exact) mass is 417 g/mol. The van der Waals surface area contributed by atoms with Crippen molar-refractivity contribution in [3.63, 3.8) is 0 Å². The van der Waals surface area contributed by atoms with Gasteiger partial charge in [-0.05, 0) is 25.1 Å². The van der Waals surface area contributed by atoms with Crippen molar-refractivity contribution >= 4 is 20.9 Å². The van der Waals surface area contributed by atoms with E-state index in [9.17, 15) is 31.2 Å². The lowest BCUT2D eigenvalue weighted by atomic mass is 10.0. The highest BCUT2D eigenvalue weighted by Crippen LogP contribution is 2.38. The first kappa shape index (κ1) is 19.8. The molecule has 0 aliphatic carbocycles. The molecule has 150 valence electrons. The average molecular weight is 417 g/mol. The number of nitrogens with two attached hydrogens (primary N) is 1. The Bertz CT molecular complexity index is 1290. The zero-order chi connectivity index (χ0) is 20.9. The normalized spacial score (nSPS) is 12.6. The second-order valence-electron chi connectivity index (χ2n) is 5.93. The van der Waals surface area contributed by atoms with Crippen LogP contribution in [0, 0.1) is 0 Å². The zero-order valence-electron chi connectivity index (χ0n) is 14.3. The summed E-state index contributed by atoms with van der Waals surface area (Å²) in [6, 6.07) is 2.95. The Labute approximate surface area is 155 Å². The maximum Gasteiger partial charge on any atom is 0.417 e. The van der Waals surface area contributed by atoms with E-state index >= 15 is 0 Å². The summed E-state index contributed by atoms with van der Waals surface area (Å²) in [5.41, 5.74) is -3.93. The van der Waals surface area contributed by atoms with Crippen LogP contribution in [0.5, 0.6) is 0 Å². The van der Waals surface area contributed by atoms with E-state index in [-0.39, 0.29) is 28.7 Å². The van der Waals surface area contributed by atoms with Crippen molar-refractivity contribution in [3.05, 3.63) is 50.8 Å². The molecular formula is C15H14F3N5O4S. The molecule has 3 aromatic rings. The van der Waals surface area contributed by atoms with Crippen LogP contribution in [-0.2, 0) is 28.6 Å². The lowest BCUT2D eigenvalue weighted by Gasteiger charge is -2.15. The molecule has 0 aliphatic rings. The third kappa shape index (κ3) is 3.57. The molecule has 0 aliphatic heterocycles. The van der Waals surface area contributed by atoms with Crippen molar-refractivity contribution in [1.82, 2.24) is 19.3 Å². The van der Waals surface area contributed by atoms with Gasteiger partial charge in [0.2, 0.25) is 10.0 Å². The van der Waals surface area contributed by atoms with E-state index in [1.165, 1.54) is 16.9 Å². The van der Waals surface area contributed by atoms with Crippen molar-refractivity contribution in [1.29, 1.82) is 0 Å². The molecule has 0 saturated heterocycles. The van der Waals surface area contributed by atoms with Gasteiger partial charge in [-0.3, -0.25) is 9.48 Å². The van der Waals surface area contributed by atoms with E-state index in [4.69, 9.17) is 5.14 Å². The number of fused-ring (bicyclic) bond motifs is 1. The number of nitrogens with zero attached hydrogens (tertiary/aromatic N) is 3. The van der Waals surface area contributed by atoms with Gasteiger partial charge in [-0.1, -0.05) is 0 Å². The smallest absolute Gasteiger partial charge is 0.307 e. The molecule has 0 radical (unpaired) electrons. The number of halogens is 3. The Balaban J connectivity index is 2.42. The Kier molecular flexibility index (Phi) is 4.67. The van der Waals surface area contributed by atoms with E-state index in [1.54, 1.807) is 6.92 Å². The molecule has 0 spiro atoms. The van der Waals surface area contributed by atoms with Crippen molar-refractivity contribution in [2.45, 2.75) is 25.5 Å². The summed E-state index contributed by atoms with van der Waals surface area (Å²) in [7, 11) is -4.24. The predicted octanol–water partition coefficient (Wildman–Crippen LogP) is 0.838. The van der Waals surface area contributed by atoms with Gasteiger partial charge in [0.1, 0.15) is 5.88 Å². The van der Waals surface area contributed by atoms with Crippen LogP contribution in [0.3, 0.4) is 0 Å². The first-order valence-corrected chi connectivity index (χ1v) is 9.54. The van der Waals surface area contributed by atoms with Gasteiger partial charge in [-0.15, -0.1) is 0 Å². The number of aromatic nitrogens is 4. The van der Waals surface area contributed by atoms with Gasteiger partial charge in [-0.2, -0.15) is 18.3 Å². The number of alkyl halides is 3. The summed E-state index contributed by atoms with van der Waals surface area (Å²) in [6.07, 6.45) is -3.46. The topological polar surface area (TPSA) is 133 Å². The van der Waals surface area contributed by atoms with Gasteiger partial charge >= 0.3 is 11.9 Å². The van der Waals surface area contributed by atoms with Gasteiger partial charge in [0.15, 0.2) is 0 Å². The molecule has 0 bridgehead atoms. The van der Waals surface area contributed by atoms with Crippen LogP contribution in [0.2, 0.25) is 0 Å². The predicted molar refractivity (Wildman–Crippen MR) is 93.8 cm³/mol. The summed E-state index contributed by atoms with van der Waals surface area (Å²) in [4.78, 5) is 26.7. The fraction of sp³-hybridized carbons (Fsp3) is 0.267. The van der Waals surface area contributed by atoms with Crippen molar-refractivity contribution in [3.8, 4) is 11.3 Å². The number of nitrogens with one attached hydrogen (secondary N) is 1. The minimum atomic E-state index is -4.78. The lowest BCUT2D eigenvalue weighted by molar-refractivity contribution is -0.137. The number of hydrogen-bond acceptors (Lipinski definition) is 5. The summed E-state index contributed by atoms with van der Waals surface area (Å²) in [5.74, 6) is -1.11. The molecule has 0 fully saturated rings. The fourth-order valence-electron chi connectivity index (χ4n) is 2.86. The van der Waals surface area contributed by atoms with Gasteiger partial charge in [-0.25, -0.2) is 22.9 Å². The minimum Gasteiger partial charge on any atom is -0.307 e. The molecular weight excluding hydrogens is 403 g/mol. The number of aryl methyl sites for hydroxylation is 1. The number of aromatic amines is 1. The number of sulfonamides is 1. The molecule has 0 unspecified atom stereocenters. The van der Waals surface area contributed by atoms with Crippen molar-refractivity contribution in [2.75, 3.05) is 0 Å². The Morgan fingerprint density at radius 3 is 2.50 bits per heavy atom. The maximum absolute atomic E-state index is 13.6. The van der Waals surface area contributed by atoms with Gasteiger partial charge in [0, 0.05) is 18.3 Å². The highest BCUT2D eigenvalue weighted by molar-refractivity contribution is 7.88. The first-order chi connectivity index (χ1) is 12.9. The van der Waals surface area contributed by atoms with Gasteiger partial charge in [0.25, 0.3) is 5.56 Å². The second kappa shape index (κ2) is 6.60. The molecule has 0 saturated carbocycles. The van der Waals surface area contributed by atoms with Crippen LogP contribution in [-0.4, -0.2) is 27.7 Å². The van der Waals surface area contributed by atoms with E-state index in [0.717, 1.165) is 6.07 Å². The Hall–Kier alpha value is -2.93. The van der Waals surface area contributed by atoms with Crippen LogP contribution in [0.4, 0.5) is 13.2 Å². The molecule has 0 atom stereocenters. The molecule has 3 rings (SSSR count). The average Bonchev–Trinajstić information content (AvgIpc) is 3.04. The Morgan fingerprint density at radius 2 is 1.93 bits per heavy atom. The van der Waals surface area contributed by atoms with E-state index in [0.29, 0.717) is 10.6 Å². The summed E-state index contributed by atoms with van der Waals surface area (Å²) in [6.45, 7) is 1.96. The number of rotatable bonds is 4. The highest BCUT2D eigenvalue weighted by Gasteiger charge is 2.35. The van der Waals surface area contributed by atoms with Crippen molar-refractivity contribution < 1.29 is 21.6 Å². The lowest BCUT2D eigenvalue weighted by Crippen LogP contribution is -2.39. The van der Waals surface area contributed by atoms with Crippen LogP contribution < -0.4 is 16.4 Å². The molecule has 28 heavy (non-hydrogen) atoms. The summed E-state index contributed by atoms with van der Waals surface area (Å²) < 4.78 is 65.0. The molecule has 2 heterocycles. The van der Waals surface area contributed by atoms with Crippen LogP contribution in [0.25, 0.3) is 22.2 Å². The first-order valence-electron chi connectivity index (χ1n) is 7.83. The number of H-pyrrole nitrogens is 1. The maximum atomic E-state index is 13.6. The summed E-state index contributed by atoms with van der Waals surface area (Å²) in [5, 5.41) is 8.51. The van der Waals surface area contributed by atoms with Crippen LogP contribution in [0.15, 0.2) is 34.0 Å². The number of hydrogen-bond donors (Lipinski definition) is 2. The number of primary sulfonamides is 1. The van der Waals surface area contributed by atoms with Gasteiger partial charge < -0.3 is 4.98 Å². The standard InChI is InChI=1S/C15H14F3N5O4S/c1-2-23-12(3-4-20-23)8-5-9-11(6-10(8)15(16,17)18)21-14(25)22(13(9)24)7-28(19,26)27/h3-6H,2,7H2,1H3,(H,21,25)(H2,19,26,27). The van der Waals surface area contributed by atoms with E-state index in [1.807, 2.05) is 0 Å². The second-order valence-corrected chi connectivity index (χ2v) is 7.51. The van der Waals surface area contributed by atoms with E-state index in [2.05, 4.69) is 10.1 Å². The Morgan fingerprint density at radius 1 is 1.25 bits per heavy atom. The van der Waals surface area contributed by atoms with Gasteiger partial charge in [0.05, 0.1) is 22.2 Å². The number of benzene rings is 1. The summed E-state index contributed by atoms with van der Waals surface area (Å²) >= 11 is 0. The van der Waals surface area contributed by atoms with Crippen LogP contribution in [0.1, 0.15) is 12.5 Å². The molecule has 0 amide bonds. The zero-order valence-corrected chi connectivity index (χ0v) is 15.1. The van der Waals surface area contributed by atoms with E-state index < -0.39 is 38.9 Å². The molecule has 9 nitrogen and oxygen atoms in total. The molecule has 3 N–H and O–H groups in total. The van der Waals surface area contributed by atoms with Crippen LogP contribution >= 0.6 is 0 Å².